The summed E-state index contributed by atoms with van der Waals surface area (Å²) in [6.45, 7) is 0.689. The minimum Gasteiger partial charge on any atom is -0.506 e. The van der Waals surface area contributed by atoms with Crippen LogP contribution in [0.15, 0.2) is 18.2 Å². The zero-order valence-corrected chi connectivity index (χ0v) is 11.0. The van der Waals surface area contributed by atoms with Crippen LogP contribution in [0.4, 0.5) is 5.69 Å². The minimum absolute atomic E-state index is 0.0466. The third kappa shape index (κ3) is 3.32. The first-order valence-corrected chi connectivity index (χ1v) is 7.20. The van der Waals surface area contributed by atoms with Crippen molar-refractivity contribution in [2.45, 2.75) is 24.5 Å². The molecule has 0 aliphatic carbocycles. The largest absolute Gasteiger partial charge is 0.506 e. The number of anilines is 1. The number of amides is 1. The smallest absolute Gasteiger partial charge is 0.251 e. The average molecular weight is 266 g/mol. The van der Waals surface area contributed by atoms with Crippen molar-refractivity contribution in [2.75, 3.05) is 18.0 Å². The fraction of sp³-hybridized carbons (Fsp3) is 0.462. The molecule has 1 unspecified atom stereocenters. The Morgan fingerprint density at radius 3 is 3.00 bits per heavy atom. The van der Waals surface area contributed by atoms with Gasteiger partial charge in [0.2, 0.25) is 0 Å². The summed E-state index contributed by atoms with van der Waals surface area (Å²) in [4.78, 5) is 11.9. The van der Waals surface area contributed by atoms with Gasteiger partial charge in [-0.3, -0.25) is 4.79 Å². The third-order valence-electron chi connectivity index (χ3n) is 3.06. The highest BCUT2D eigenvalue weighted by molar-refractivity contribution is 7.99. The number of nitrogens with one attached hydrogen (secondary N) is 1. The van der Waals surface area contributed by atoms with Crippen LogP contribution in [0.1, 0.15) is 29.6 Å². The summed E-state index contributed by atoms with van der Waals surface area (Å²) in [6, 6.07) is 4.57. The summed E-state index contributed by atoms with van der Waals surface area (Å²) >= 11 is 1.92. The molecule has 1 aromatic carbocycles. The van der Waals surface area contributed by atoms with E-state index < -0.39 is 0 Å². The highest BCUT2D eigenvalue weighted by Gasteiger charge is 2.15. The molecule has 1 amide bonds. The summed E-state index contributed by atoms with van der Waals surface area (Å²) in [5, 5.41) is 12.9. The molecule has 18 heavy (non-hydrogen) atoms. The fourth-order valence-corrected chi connectivity index (χ4v) is 3.20. The van der Waals surface area contributed by atoms with E-state index in [0.717, 1.165) is 6.42 Å². The van der Waals surface area contributed by atoms with Gasteiger partial charge in [-0.25, -0.2) is 0 Å². The number of nitrogen functional groups attached to an aromatic ring is 1. The number of hydrogen-bond acceptors (Lipinski definition) is 4. The number of rotatable bonds is 3. The predicted octanol–water partition coefficient (Wildman–Crippen LogP) is 1.99. The van der Waals surface area contributed by atoms with Crippen molar-refractivity contribution < 1.29 is 9.90 Å². The van der Waals surface area contributed by atoms with Crippen LogP contribution < -0.4 is 11.1 Å². The molecule has 5 heteroatoms. The van der Waals surface area contributed by atoms with Crippen LogP contribution in [0, 0.1) is 0 Å². The van der Waals surface area contributed by atoms with Crippen molar-refractivity contribution in [3.05, 3.63) is 23.8 Å². The Morgan fingerprint density at radius 2 is 2.33 bits per heavy atom. The zero-order valence-electron chi connectivity index (χ0n) is 10.2. The second-order valence-corrected chi connectivity index (χ2v) is 5.88. The number of hydrogen-bond donors (Lipinski definition) is 3. The van der Waals surface area contributed by atoms with Gasteiger partial charge in [-0.05, 0) is 36.8 Å². The molecule has 0 saturated carbocycles. The number of thioether (sulfide) groups is 1. The number of nitrogens with two attached hydrogens (primary N) is 1. The number of aromatic hydroxyl groups is 1. The Bertz CT molecular complexity index is 431. The van der Waals surface area contributed by atoms with Crippen LogP contribution in [0.5, 0.6) is 5.75 Å². The van der Waals surface area contributed by atoms with Crippen LogP contribution in [0.2, 0.25) is 0 Å². The molecule has 98 valence electrons. The number of benzene rings is 1. The van der Waals surface area contributed by atoms with Crippen molar-refractivity contribution in [2.24, 2.45) is 0 Å². The fourth-order valence-electron chi connectivity index (χ4n) is 1.96. The predicted molar refractivity (Wildman–Crippen MR) is 74.9 cm³/mol. The molecular formula is C13H18N2O2S. The summed E-state index contributed by atoms with van der Waals surface area (Å²) in [5.41, 5.74) is 6.23. The lowest BCUT2D eigenvalue weighted by atomic mass is 10.1. The van der Waals surface area contributed by atoms with E-state index in [4.69, 9.17) is 5.73 Å². The molecule has 1 fully saturated rings. The van der Waals surface area contributed by atoms with E-state index >= 15 is 0 Å². The molecule has 4 N–H and O–H groups in total. The number of carbonyl (C=O) groups excluding carboxylic acids is 1. The van der Waals surface area contributed by atoms with E-state index in [0.29, 0.717) is 17.4 Å². The van der Waals surface area contributed by atoms with Gasteiger partial charge in [0.25, 0.3) is 5.91 Å². The Hall–Kier alpha value is -1.36. The van der Waals surface area contributed by atoms with Crippen LogP contribution in [-0.4, -0.2) is 28.6 Å². The van der Waals surface area contributed by atoms with Gasteiger partial charge in [-0.15, -0.1) is 0 Å². The van der Waals surface area contributed by atoms with Gasteiger partial charge < -0.3 is 16.2 Å². The van der Waals surface area contributed by atoms with E-state index in [1.54, 1.807) is 12.1 Å². The summed E-state index contributed by atoms with van der Waals surface area (Å²) in [6.07, 6.45) is 3.69. The lowest BCUT2D eigenvalue weighted by Crippen LogP contribution is -2.31. The maximum absolute atomic E-state index is 11.9. The first-order valence-electron chi connectivity index (χ1n) is 6.15. The van der Waals surface area contributed by atoms with Gasteiger partial charge in [0.15, 0.2) is 0 Å². The van der Waals surface area contributed by atoms with Gasteiger partial charge in [0.1, 0.15) is 5.75 Å². The van der Waals surface area contributed by atoms with Gasteiger partial charge in [0.05, 0.1) is 5.69 Å². The van der Waals surface area contributed by atoms with E-state index in [-0.39, 0.29) is 17.3 Å². The van der Waals surface area contributed by atoms with E-state index in [2.05, 4.69) is 5.32 Å². The maximum Gasteiger partial charge on any atom is 0.251 e. The van der Waals surface area contributed by atoms with E-state index in [1.165, 1.54) is 24.7 Å². The summed E-state index contributed by atoms with van der Waals surface area (Å²) < 4.78 is 0. The Kier molecular flexibility index (Phi) is 4.36. The Labute approximate surface area is 111 Å². The number of phenols is 1. The molecule has 0 bridgehead atoms. The molecule has 1 aromatic rings. The molecule has 0 radical (unpaired) electrons. The van der Waals surface area contributed by atoms with Crippen molar-refractivity contribution in [3.63, 3.8) is 0 Å². The van der Waals surface area contributed by atoms with Crippen LogP contribution in [0.3, 0.4) is 0 Å². The van der Waals surface area contributed by atoms with Crippen molar-refractivity contribution in [3.8, 4) is 5.75 Å². The van der Waals surface area contributed by atoms with Crippen LogP contribution in [0.25, 0.3) is 0 Å². The van der Waals surface area contributed by atoms with Crippen LogP contribution >= 0.6 is 11.8 Å². The lowest BCUT2D eigenvalue weighted by molar-refractivity contribution is 0.0953. The average Bonchev–Trinajstić information content (AvgIpc) is 2.40. The van der Waals surface area contributed by atoms with Gasteiger partial charge in [-0.1, -0.05) is 6.42 Å². The standard InChI is InChI=1S/C13H18N2O2S/c14-11-5-4-9(7-12(11)16)13(17)15-8-10-3-1-2-6-18-10/h4-5,7,10,16H,1-3,6,8,14H2,(H,15,17). The molecule has 1 heterocycles. The highest BCUT2D eigenvalue weighted by atomic mass is 32.2. The van der Waals surface area contributed by atoms with E-state index in [9.17, 15) is 9.90 Å². The van der Waals surface area contributed by atoms with E-state index in [1.807, 2.05) is 11.8 Å². The number of carbonyl (C=O) groups is 1. The molecular weight excluding hydrogens is 248 g/mol. The van der Waals surface area contributed by atoms with Crippen LogP contribution in [-0.2, 0) is 0 Å². The first-order chi connectivity index (χ1) is 8.66. The molecule has 1 saturated heterocycles. The molecule has 1 atom stereocenters. The molecule has 1 aliphatic heterocycles. The zero-order chi connectivity index (χ0) is 13.0. The Morgan fingerprint density at radius 1 is 1.50 bits per heavy atom. The maximum atomic E-state index is 11.9. The summed E-state index contributed by atoms with van der Waals surface area (Å²) in [7, 11) is 0. The van der Waals surface area contributed by atoms with Gasteiger partial charge in [0, 0.05) is 17.4 Å². The molecule has 0 aromatic heterocycles. The summed E-state index contributed by atoms with van der Waals surface area (Å²) in [5.74, 6) is 0.981. The molecule has 1 aliphatic rings. The lowest BCUT2D eigenvalue weighted by Gasteiger charge is -2.21. The van der Waals surface area contributed by atoms with Gasteiger partial charge >= 0.3 is 0 Å². The topological polar surface area (TPSA) is 75.4 Å². The SMILES string of the molecule is Nc1ccc(C(=O)NCC2CCCCS2)cc1O. The quantitative estimate of drug-likeness (QED) is 0.577. The van der Waals surface area contributed by atoms with Crippen molar-refractivity contribution in [1.29, 1.82) is 0 Å². The first kappa shape index (κ1) is 13.1. The molecule has 0 spiro atoms. The Balaban J connectivity index is 1.88. The number of phenolic OH excluding ortho intramolecular Hbond substituents is 1. The second-order valence-electron chi connectivity index (χ2n) is 4.47. The monoisotopic (exact) mass is 266 g/mol. The van der Waals surface area contributed by atoms with Gasteiger partial charge in [-0.2, -0.15) is 11.8 Å². The van der Waals surface area contributed by atoms with Crippen molar-refractivity contribution >= 4 is 23.4 Å². The molecule has 4 nitrogen and oxygen atoms in total. The molecule has 2 rings (SSSR count). The minimum atomic E-state index is -0.156. The normalized spacial score (nSPS) is 19.4. The highest BCUT2D eigenvalue weighted by Crippen LogP contribution is 2.24. The second kappa shape index (κ2) is 6.00. The third-order valence-corrected chi connectivity index (χ3v) is 4.46. The van der Waals surface area contributed by atoms with Crippen molar-refractivity contribution in [1.82, 2.24) is 5.32 Å².